The Morgan fingerprint density at radius 2 is 1.44 bits per heavy atom. The minimum Gasteiger partial charge on any atom is -0.497 e. The first kappa shape index (κ1) is 12.2. The molecule has 0 spiro atoms. The second-order valence-electron chi connectivity index (χ2n) is 3.93. The number of carbonyl (C=O) groups is 1. The van der Waals surface area contributed by atoms with Crippen LogP contribution in [-0.4, -0.2) is 13.1 Å². The smallest absolute Gasteiger partial charge is 0.343 e. The Labute approximate surface area is 106 Å². The molecule has 0 fully saturated rings. The molecule has 0 unspecified atom stereocenters. The van der Waals surface area contributed by atoms with E-state index in [2.05, 4.69) is 0 Å². The fourth-order valence-corrected chi connectivity index (χ4v) is 1.50. The van der Waals surface area contributed by atoms with Gasteiger partial charge in [0.2, 0.25) is 0 Å². The Morgan fingerprint density at radius 3 is 2.00 bits per heavy atom. The van der Waals surface area contributed by atoms with Gasteiger partial charge < -0.3 is 9.47 Å². The van der Waals surface area contributed by atoms with Crippen LogP contribution < -0.4 is 9.47 Å². The molecule has 0 N–H and O–H groups in total. The minimum absolute atomic E-state index is 0.374. The molecule has 0 saturated heterocycles. The maximum Gasteiger partial charge on any atom is 0.343 e. The first-order valence-electron chi connectivity index (χ1n) is 5.62. The maximum absolute atomic E-state index is 11.8. The van der Waals surface area contributed by atoms with Gasteiger partial charge in [0.1, 0.15) is 11.5 Å². The predicted molar refractivity (Wildman–Crippen MR) is 69.1 cm³/mol. The van der Waals surface area contributed by atoms with Gasteiger partial charge in [-0.25, -0.2) is 4.79 Å². The monoisotopic (exact) mass is 242 g/mol. The highest BCUT2D eigenvalue weighted by molar-refractivity contribution is 5.91. The van der Waals surface area contributed by atoms with Crippen LogP contribution in [0.4, 0.5) is 0 Å². The summed E-state index contributed by atoms with van der Waals surface area (Å²) >= 11 is 0. The number of carbonyl (C=O) groups excluding carboxylic acids is 1. The quantitative estimate of drug-likeness (QED) is 0.612. The molecule has 2 aromatic carbocycles. The summed E-state index contributed by atoms with van der Waals surface area (Å²) in [5.41, 5.74) is 1.62. The molecular formula is C15H14O3. The highest BCUT2D eigenvalue weighted by Gasteiger charge is 2.08. The lowest BCUT2D eigenvalue weighted by molar-refractivity contribution is 0.0734. The lowest BCUT2D eigenvalue weighted by Crippen LogP contribution is -2.08. The van der Waals surface area contributed by atoms with E-state index in [9.17, 15) is 4.79 Å². The van der Waals surface area contributed by atoms with E-state index in [1.165, 1.54) is 0 Å². The third-order valence-electron chi connectivity index (χ3n) is 2.56. The third-order valence-corrected chi connectivity index (χ3v) is 2.56. The largest absolute Gasteiger partial charge is 0.497 e. The molecule has 3 nitrogen and oxygen atoms in total. The maximum atomic E-state index is 11.8. The summed E-state index contributed by atoms with van der Waals surface area (Å²) in [5, 5.41) is 0. The first-order valence-corrected chi connectivity index (χ1v) is 5.62. The van der Waals surface area contributed by atoms with Crippen LogP contribution in [0.2, 0.25) is 0 Å². The van der Waals surface area contributed by atoms with E-state index in [4.69, 9.17) is 9.47 Å². The van der Waals surface area contributed by atoms with Gasteiger partial charge in [-0.3, -0.25) is 0 Å². The summed E-state index contributed by atoms with van der Waals surface area (Å²) in [6, 6.07) is 14.2. The zero-order valence-electron chi connectivity index (χ0n) is 10.3. The van der Waals surface area contributed by atoms with Crippen LogP contribution in [0.15, 0.2) is 48.5 Å². The van der Waals surface area contributed by atoms with Crippen molar-refractivity contribution in [2.45, 2.75) is 6.92 Å². The number of methoxy groups -OCH3 is 1. The molecule has 18 heavy (non-hydrogen) atoms. The molecule has 0 radical (unpaired) electrons. The molecule has 0 atom stereocenters. The molecule has 0 amide bonds. The Bertz CT molecular complexity index is 527. The average Bonchev–Trinajstić information content (AvgIpc) is 2.41. The van der Waals surface area contributed by atoms with Gasteiger partial charge in [-0.1, -0.05) is 17.7 Å². The summed E-state index contributed by atoms with van der Waals surface area (Å²) in [5.74, 6) is 0.879. The van der Waals surface area contributed by atoms with Crippen molar-refractivity contribution < 1.29 is 14.3 Å². The lowest BCUT2D eigenvalue weighted by Gasteiger charge is -2.05. The van der Waals surface area contributed by atoms with Crippen molar-refractivity contribution >= 4 is 5.97 Å². The van der Waals surface area contributed by atoms with Gasteiger partial charge in [0.05, 0.1) is 12.7 Å². The molecule has 3 heteroatoms. The molecular weight excluding hydrogens is 228 g/mol. The van der Waals surface area contributed by atoms with Crippen LogP contribution in [-0.2, 0) is 0 Å². The van der Waals surface area contributed by atoms with Crippen molar-refractivity contribution in [1.29, 1.82) is 0 Å². The lowest BCUT2D eigenvalue weighted by atomic mass is 10.2. The molecule has 0 heterocycles. The van der Waals surface area contributed by atoms with Gasteiger partial charge in [0.25, 0.3) is 0 Å². The van der Waals surface area contributed by atoms with Crippen LogP contribution >= 0.6 is 0 Å². The summed E-state index contributed by atoms with van der Waals surface area (Å²) in [6.07, 6.45) is 0. The molecule has 0 bridgehead atoms. The summed E-state index contributed by atoms with van der Waals surface area (Å²) in [4.78, 5) is 11.8. The number of rotatable bonds is 3. The van der Waals surface area contributed by atoms with E-state index < -0.39 is 0 Å². The number of hydrogen-bond donors (Lipinski definition) is 0. The van der Waals surface area contributed by atoms with Crippen LogP contribution in [0.5, 0.6) is 11.5 Å². The van der Waals surface area contributed by atoms with Crippen molar-refractivity contribution in [3.63, 3.8) is 0 Å². The SMILES string of the molecule is COc1ccc(C(=O)Oc2ccc(C)cc2)cc1. The Hall–Kier alpha value is -2.29. The summed E-state index contributed by atoms with van der Waals surface area (Å²) < 4.78 is 10.3. The fraction of sp³-hybridized carbons (Fsp3) is 0.133. The van der Waals surface area contributed by atoms with Gasteiger partial charge in [-0.05, 0) is 43.3 Å². The number of aryl methyl sites for hydroxylation is 1. The Kier molecular flexibility index (Phi) is 3.63. The van der Waals surface area contributed by atoms with Gasteiger partial charge in [-0.15, -0.1) is 0 Å². The molecule has 2 rings (SSSR count). The fourth-order valence-electron chi connectivity index (χ4n) is 1.50. The topological polar surface area (TPSA) is 35.5 Å². The normalized spacial score (nSPS) is 9.89. The summed E-state index contributed by atoms with van der Waals surface area (Å²) in [7, 11) is 1.58. The first-order chi connectivity index (χ1) is 8.69. The second-order valence-corrected chi connectivity index (χ2v) is 3.93. The van der Waals surface area contributed by atoms with Crippen LogP contribution in [0.25, 0.3) is 0 Å². The van der Waals surface area contributed by atoms with E-state index in [1.54, 1.807) is 43.5 Å². The van der Waals surface area contributed by atoms with E-state index in [0.29, 0.717) is 17.1 Å². The highest BCUT2D eigenvalue weighted by atomic mass is 16.5. The number of benzene rings is 2. The van der Waals surface area contributed by atoms with E-state index in [1.807, 2.05) is 19.1 Å². The van der Waals surface area contributed by atoms with Crippen molar-refractivity contribution in [3.05, 3.63) is 59.7 Å². The number of esters is 1. The van der Waals surface area contributed by atoms with Crippen LogP contribution in [0, 0.1) is 6.92 Å². The highest BCUT2D eigenvalue weighted by Crippen LogP contribution is 2.16. The van der Waals surface area contributed by atoms with Gasteiger partial charge >= 0.3 is 5.97 Å². The molecule has 0 aliphatic heterocycles. The van der Waals surface area contributed by atoms with Crippen molar-refractivity contribution in [3.8, 4) is 11.5 Å². The van der Waals surface area contributed by atoms with Gasteiger partial charge in [0.15, 0.2) is 0 Å². The number of hydrogen-bond acceptors (Lipinski definition) is 3. The van der Waals surface area contributed by atoms with E-state index in [0.717, 1.165) is 5.56 Å². The average molecular weight is 242 g/mol. The Balaban J connectivity index is 2.09. The van der Waals surface area contributed by atoms with Gasteiger partial charge in [-0.2, -0.15) is 0 Å². The van der Waals surface area contributed by atoms with Crippen molar-refractivity contribution in [2.75, 3.05) is 7.11 Å². The minimum atomic E-state index is -0.374. The Morgan fingerprint density at radius 1 is 0.889 bits per heavy atom. The number of ether oxygens (including phenoxy) is 2. The molecule has 92 valence electrons. The second kappa shape index (κ2) is 5.36. The van der Waals surface area contributed by atoms with Crippen molar-refractivity contribution in [1.82, 2.24) is 0 Å². The van der Waals surface area contributed by atoms with Crippen LogP contribution in [0.1, 0.15) is 15.9 Å². The molecule has 0 saturated carbocycles. The molecule has 2 aromatic rings. The third kappa shape index (κ3) is 2.88. The molecule has 0 aliphatic carbocycles. The van der Waals surface area contributed by atoms with E-state index >= 15 is 0 Å². The predicted octanol–water partition coefficient (Wildman–Crippen LogP) is 3.22. The van der Waals surface area contributed by atoms with Gasteiger partial charge in [0, 0.05) is 0 Å². The van der Waals surface area contributed by atoms with E-state index in [-0.39, 0.29) is 5.97 Å². The zero-order valence-corrected chi connectivity index (χ0v) is 10.3. The zero-order chi connectivity index (χ0) is 13.0. The summed E-state index contributed by atoms with van der Waals surface area (Å²) in [6.45, 7) is 1.98. The molecule has 0 aliphatic rings. The van der Waals surface area contributed by atoms with Crippen molar-refractivity contribution in [2.24, 2.45) is 0 Å². The van der Waals surface area contributed by atoms with Crippen LogP contribution in [0.3, 0.4) is 0 Å². The molecule has 0 aromatic heterocycles. The standard InChI is InChI=1S/C15H14O3/c1-11-3-7-14(8-4-11)18-15(16)12-5-9-13(17-2)10-6-12/h3-10H,1-2H3.